The number of amides is 2. The number of carbonyl (C=O) groups is 3. The largest absolute Gasteiger partial charge is 0.368 e. The van der Waals surface area contributed by atoms with Crippen molar-refractivity contribution in [2.24, 2.45) is 0 Å². The molecule has 1 fully saturated rings. The molecule has 3 rings (SSSR count). The minimum atomic E-state index is -0.755. The van der Waals surface area contributed by atoms with Gasteiger partial charge in [-0.25, -0.2) is 0 Å². The molecular weight excluding hydrogens is 378 g/mol. The minimum absolute atomic E-state index is 0.0270. The lowest BCUT2D eigenvalue weighted by Gasteiger charge is -2.36. The van der Waals surface area contributed by atoms with Gasteiger partial charge in [-0.1, -0.05) is 63.2 Å². The molecule has 0 bridgehead atoms. The molecule has 0 aromatic heterocycles. The van der Waals surface area contributed by atoms with Crippen LogP contribution in [0.15, 0.2) is 54.6 Å². The van der Waals surface area contributed by atoms with E-state index in [9.17, 15) is 14.4 Å². The third-order valence-electron chi connectivity index (χ3n) is 5.37. The molecule has 0 saturated carbocycles. The normalized spacial score (nSPS) is 14.4. The van der Waals surface area contributed by atoms with Crippen molar-refractivity contribution in [3.63, 3.8) is 0 Å². The second-order valence-electron chi connectivity index (χ2n) is 8.54. The lowest BCUT2D eigenvalue weighted by molar-refractivity contribution is -0.132. The Morgan fingerprint density at radius 1 is 0.867 bits per heavy atom. The zero-order valence-electron chi connectivity index (χ0n) is 17.9. The van der Waals surface area contributed by atoms with Crippen molar-refractivity contribution in [1.29, 1.82) is 0 Å². The Morgan fingerprint density at radius 3 is 2.03 bits per heavy atom. The molecule has 2 aromatic carbocycles. The van der Waals surface area contributed by atoms with Crippen LogP contribution in [0.5, 0.6) is 0 Å². The Balaban J connectivity index is 1.47. The minimum Gasteiger partial charge on any atom is -0.368 e. The van der Waals surface area contributed by atoms with E-state index in [0.29, 0.717) is 18.7 Å². The molecule has 158 valence electrons. The van der Waals surface area contributed by atoms with Gasteiger partial charge in [0, 0.05) is 37.4 Å². The van der Waals surface area contributed by atoms with Gasteiger partial charge in [-0.05, 0) is 23.1 Å². The van der Waals surface area contributed by atoms with E-state index in [1.165, 1.54) is 0 Å². The van der Waals surface area contributed by atoms with Gasteiger partial charge in [0.05, 0.1) is 6.54 Å². The van der Waals surface area contributed by atoms with E-state index < -0.39 is 11.7 Å². The smallest absolute Gasteiger partial charge is 0.292 e. The molecule has 0 aliphatic carbocycles. The average Bonchev–Trinajstić information content (AvgIpc) is 2.77. The maximum atomic E-state index is 12.4. The van der Waals surface area contributed by atoms with Gasteiger partial charge in [-0.15, -0.1) is 0 Å². The van der Waals surface area contributed by atoms with Crippen LogP contribution in [0.1, 0.15) is 36.7 Å². The summed E-state index contributed by atoms with van der Waals surface area (Å²) >= 11 is 0. The molecule has 1 N–H and O–H groups in total. The molecule has 1 saturated heterocycles. The van der Waals surface area contributed by atoms with Gasteiger partial charge in [-0.2, -0.15) is 0 Å². The van der Waals surface area contributed by atoms with E-state index in [0.717, 1.165) is 24.3 Å². The molecule has 0 radical (unpaired) electrons. The van der Waals surface area contributed by atoms with Crippen molar-refractivity contribution >= 4 is 23.3 Å². The summed E-state index contributed by atoms with van der Waals surface area (Å²) in [5.74, 6) is -1.56. The van der Waals surface area contributed by atoms with Crippen LogP contribution >= 0.6 is 0 Å². The fourth-order valence-corrected chi connectivity index (χ4v) is 3.45. The molecular formula is C24H29N3O3. The molecule has 1 aliphatic rings. The van der Waals surface area contributed by atoms with Gasteiger partial charge in [0.1, 0.15) is 0 Å². The first-order valence-electron chi connectivity index (χ1n) is 10.3. The second kappa shape index (κ2) is 9.11. The molecule has 2 aromatic rings. The lowest BCUT2D eigenvalue weighted by Crippen LogP contribution is -2.51. The number of nitrogens with zero attached hydrogens (tertiary/aromatic N) is 2. The number of hydrogen-bond acceptors (Lipinski definition) is 4. The average molecular weight is 408 g/mol. The van der Waals surface area contributed by atoms with Crippen LogP contribution in [0.25, 0.3) is 0 Å². The maximum Gasteiger partial charge on any atom is 0.292 e. The molecule has 6 nitrogen and oxygen atoms in total. The topological polar surface area (TPSA) is 69.7 Å². The van der Waals surface area contributed by atoms with Crippen LogP contribution in [0.3, 0.4) is 0 Å². The Kier molecular flexibility index (Phi) is 6.55. The van der Waals surface area contributed by atoms with Gasteiger partial charge in [-0.3, -0.25) is 14.4 Å². The fourth-order valence-electron chi connectivity index (χ4n) is 3.45. The van der Waals surface area contributed by atoms with Crippen molar-refractivity contribution in [1.82, 2.24) is 10.2 Å². The maximum absolute atomic E-state index is 12.4. The molecule has 1 heterocycles. The summed E-state index contributed by atoms with van der Waals surface area (Å²) in [5, 5.41) is 2.47. The van der Waals surface area contributed by atoms with Crippen LogP contribution in [-0.4, -0.2) is 55.2 Å². The van der Waals surface area contributed by atoms with E-state index in [1.54, 1.807) is 17.0 Å². The highest BCUT2D eigenvalue weighted by atomic mass is 16.2. The van der Waals surface area contributed by atoms with Crippen molar-refractivity contribution in [2.75, 3.05) is 37.6 Å². The first kappa shape index (κ1) is 21.6. The highest BCUT2D eigenvalue weighted by Crippen LogP contribution is 2.22. The highest BCUT2D eigenvalue weighted by Gasteiger charge is 2.23. The standard InChI is InChI=1S/C24H29N3O3/c1-24(2,3)19-11-9-18(10-12-19)22(29)23(30)25-17-21(28)27-15-13-26(14-16-27)20-7-5-4-6-8-20/h4-12H,13-17H2,1-3H3,(H,25,30). The summed E-state index contributed by atoms with van der Waals surface area (Å²) in [4.78, 5) is 41.0. The summed E-state index contributed by atoms with van der Waals surface area (Å²) in [6.45, 7) is 8.74. The SMILES string of the molecule is CC(C)(C)c1ccc(C(=O)C(=O)NCC(=O)N2CCN(c3ccccc3)CC2)cc1. The van der Waals surface area contributed by atoms with E-state index in [1.807, 2.05) is 30.3 Å². The van der Waals surface area contributed by atoms with Crippen LogP contribution in [0.2, 0.25) is 0 Å². The molecule has 2 amide bonds. The summed E-state index contributed by atoms with van der Waals surface area (Å²) < 4.78 is 0. The predicted molar refractivity (Wildman–Crippen MR) is 118 cm³/mol. The molecule has 30 heavy (non-hydrogen) atoms. The van der Waals surface area contributed by atoms with Crippen molar-refractivity contribution < 1.29 is 14.4 Å². The lowest BCUT2D eigenvalue weighted by atomic mass is 9.86. The summed E-state index contributed by atoms with van der Waals surface area (Å²) in [5.41, 5.74) is 2.52. The number of para-hydroxylation sites is 1. The number of carbonyl (C=O) groups excluding carboxylic acids is 3. The molecule has 6 heteroatoms. The highest BCUT2D eigenvalue weighted by molar-refractivity contribution is 6.43. The van der Waals surface area contributed by atoms with Gasteiger partial charge >= 0.3 is 0 Å². The van der Waals surface area contributed by atoms with E-state index in [2.05, 4.69) is 43.1 Å². The van der Waals surface area contributed by atoms with Crippen LogP contribution in [-0.2, 0) is 15.0 Å². The number of rotatable bonds is 5. The number of nitrogens with one attached hydrogen (secondary N) is 1. The van der Waals surface area contributed by atoms with Gasteiger partial charge < -0.3 is 15.1 Å². The molecule has 0 atom stereocenters. The van der Waals surface area contributed by atoms with Gasteiger partial charge in [0.2, 0.25) is 11.7 Å². The van der Waals surface area contributed by atoms with Crippen molar-refractivity contribution in [3.05, 3.63) is 65.7 Å². The van der Waals surface area contributed by atoms with Crippen LogP contribution in [0.4, 0.5) is 5.69 Å². The number of anilines is 1. The van der Waals surface area contributed by atoms with Crippen LogP contribution < -0.4 is 10.2 Å². The Morgan fingerprint density at radius 2 is 1.47 bits per heavy atom. The second-order valence-corrected chi connectivity index (χ2v) is 8.54. The quantitative estimate of drug-likeness (QED) is 0.611. The molecule has 0 spiro atoms. The monoisotopic (exact) mass is 407 g/mol. The summed E-state index contributed by atoms with van der Waals surface area (Å²) in [6, 6.07) is 17.1. The third-order valence-corrected chi connectivity index (χ3v) is 5.37. The summed E-state index contributed by atoms with van der Waals surface area (Å²) in [6.07, 6.45) is 0. The van der Waals surface area contributed by atoms with Crippen molar-refractivity contribution in [3.8, 4) is 0 Å². The summed E-state index contributed by atoms with van der Waals surface area (Å²) in [7, 11) is 0. The van der Waals surface area contributed by atoms with Crippen molar-refractivity contribution in [2.45, 2.75) is 26.2 Å². The first-order chi connectivity index (χ1) is 14.3. The van der Waals surface area contributed by atoms with Gasteiger partial charge in [0.25, 0.3) is 5.91 Å². The Bertz CT molecular complexity index is 894. The van der Waals surface area contributed by atoms with E-state index in [4.69, 9.17) is 0 Å². The number of Topliss-reactive ketones (excluding diaryl/α,β-unsaturated/α-hetero) is 1. The molecule has 0 unspecified atom stereocenters. The van der Waals surface area contributed by atoms with E-state index >= 15 is 0 Å². The fraction of sp³-hybridized carbons (Fsp3) is 0.375. The number of piperazine rings is 1. The van der Waals surface area contributed by atoms with E-state index in [-0.39, 0.29) is 17.9 Å². The predicted octanol–water partition coefficient (Wildman–Crippen LogP) is 2.63. The third kappa shape index (κ3) is 5.26. The van der Waals surface area contributed by atoms with Gasteiger partial charge in [0.15, 0.2) is 0 Å². The Labute approximate surface area is 177 Å². The zero-order chi connectivity index (χ0) is 21.7. The van der Waals surface area contributed by atoms with Crippen LogP contribution in [0, 0.1) is 0 Å². The molecule has 1 aliphatic heterocycles. The Hall–Kier alpha value is -3.15. The number of ketones is 1. The zero-order valence-corrected chi connectivity index (χ0v) is 17.9. The first-order valence-corrected chi connectivity index (χ1v) is 10.3. The number of benzene rings is 2. The number of hydrogen-bond donors (Lipinski definition) is 1.